The first-order valence-electron chi connectivity index (χ1n) is 11.7. The minimum absolute atomic E-state index is 0.0412. The molecule has 0 fully saturated rings. The Balaban J connectivity index is 1.43. The molecule has 0 aliphatic heterocycles. The van der Waals surface area contributed by atoms with Crippen molar-refractivity contribution in [3.63, 3.8) is 0 Å². The molecule has 0 aliphatic rings. The third-order valence-electron chi connectivity index (χ3n) is 6.29. The number of Topliss-reactive ketones (excluding diaryl/α,β-unsaturated/α-hetero) is 1. The third kappa shape index (κ3) is 5.06. The van der Waals surface area contributed by atoms with Crippen LogP contribution in [-0.2, 0) is 13.5 Å². The molecule has 5 rings (SSSR count). The Hall–Kier alpha value is -3.67. The molecule has 2 aromatic heterocycles. The summed E-state index contributed by atoms with van der Waals surface area (Å²) in [5, 5.41) is 9.48. The van der Waals surface area contributed by atoms with Crippen LogP contribution in [0.3, 0.4) is 0 Å². The van der Waals surface area contributed by atoms with Crippen molar-refractivity contribution in [2.75, 3.05) is 0 Å². The summed E-state index contributed by atoms with van der Waals surface area (Å²) in [5.74, 6) is 0.0412. The number of carbonyl (C=O) groups excluding carboxylic acids is 1. The summed E-state index contributed by atoms with van der Waals surface area (Å²) < 4.78 is 1.78. The molecule has 5 aromatic rings. The van der Waals surface area contributed by atoms with E-state index in [-0.39, 0.29) is 11.8 Å². The van der Waals surface area contributed by atoms with E-state index < -0.39 is 6.04 Å². The first kappa shape index (κ1) is 23.1. The van der Waals surface area contributed by atoms with Crippen molar-refractivity contribution in [3.8, 4) is 11.1 Å². The second-order valence-corrected chi connectivity index (χ2v) is 9.41. The van der Waals surface area contributed by atoms with Crippen molar-refractivity contribution >= 4 is 28.3 Å². The maximum absolute atomic E-state index is 13.9. The number of ketones is 1. The molecule has 2 heterocycles. The molecule has 176 valence electrons. The van der Waals surface area contributed by atoms with E-state index in [0.29, 0.717) is 5.56 Å². The normalized spacial score (nSPS) is 13.1. The topological polar surface area (TPSA) is 62.7 Å². The van der Waals surface area contributed by atoms with Gasteiger partial charge in [-0.25, -0.2) is 0 Å². The minimum Gasteiger partial charge on any atom is -0.360 e. The number of aromatic amines is 1. The summed E-state index contributed by atoms with van der Waals surface area (Å²) in [4.78, 5) is 17.2. The van der Waals surface area contributed by atoms with E-state index in [1.54, 1.807) is 4.68 Å². The summed E-state index contributed by atoms with van der Waals surface area (Å²) in [7, 11) is 1.90. The van der Waals surface area contributed by atoms with E-state index in [2.05, 4.69) is 28.4 Å². The number of carbonyl (C=O) groups is 1. The van der Waals surface area contributed by atoms with Crippen LogP contribution in [0, 0.1) is 0 Å². The van der Waals surface area contributed by atoms with Crippen LogP contribution >= 0.6 is 11.6 Å². The summed E-state index contributed by atoms with van der Waals surface area (Å²) >= 11 is 6.04. The van der Waals surface area contributed by atoms with Crippen LogP contribution in [0.15, 0.2) is 91.4 Å². The number of benzene rings is 3. The molecule has 35 heavy (non-hydrogen) atoms. The molecule has 0 aliphatic carbocycles. The zero-order valence-electron chi connectivity index (χ0n) is 19.7. The average Bonchev–Trinajstić information content (AvgIpc) is 3.50. The molecule has 0 spiro atoms. The molecule has 0 saturated carbocycles. The quantitative estimate of drug-likeness (QED) is 0.253. The van der Waals surface area contributed by atoms with Crippen LogP contribution in [0.25, 0.3) is 22.0 Å². The van der Waals surface area contributed by atoms with Gasteiger partial charge in [-0.1, -0.05) is 66.2 Å². The monoisotopic (exact) mass is 482 g/mol. The van der Waals surface area contributed by atoms with Gasteiger partial charge in [0, 0.05) is 52.5 Å². The van der Waals surface area contributed by atoms with Crippen LogP contribution < -0.4 is 5.32 Å². The smallest absolute Gasteiger partial charge is 0.186 e. The minimum atomic E-state index is -0.462. The fourth-order valence-electron chi connectivity index (χ4n) is 4.52. The second-order valence-electron chi connectivity index (χ2n) is 8.97. The number of fused-ring (bicyclic) bond motifs is 1. The molecule has 0 bridgehead atoms. The Morgan fingerprint density at radius 3 is 2.54 bits per heavy atom. The van der Waals surface area contributed by atoms with Gasteiger partial charge in [-0.15, -0.1) is 0 Å². The van der Waals surface area contributed by atoms with Gasteiger partial charge in [0.1, 0.15) is 0 Å². The van der Waals surface area contributed by atoms with Crippen molar-refractivity contribution in [2.24, 2.45) is 7.05 Å². The number of hydrogen-bond acceptors (Lipinski definition) is 3. The number of halogens is 1. The standard InChI is InChI=1S/C29H27ClN4O/c1-19(14-20-8-11-24(30)12-9-20)33-28(21-6-4-3-5-7-21)29(35)26-17-31-27-15-22(10-13-25(26)27)23-16-32-34(2)18-23/h3-13,15-19,28,31,33H,14H2,1-2H3/t19-,28-/m0/s1. The van der Waals surface area contributed by atoms with Crippen LogP contribution in [0.1, 0.15) is 34.5 Å². The van der Waals surface area contributed by atoms with E-state index in [0.717, 1.165) is 39.0 Å². The fraction of sp³-hybridized carbons (Fsp3) is 0.172. The Labute approximate surface area is 209 Å². The Morgan fingerprint density at radius 1 is 1.06 bits per heavy atom. The predicted molar refractivity (Wildman–Crippen MR) is 142 cm³/mol. The number of H-pyrrole nitrogens is 1. The molecule has 0 unspecified atom stereocenters. The van der Waals surface area contributed by atoms with Gasteiger partial charge in [-0.3, -0.25) is 9.48 Å². The van der Waals surface area contributed by atoms with Gasteiger partial charge in [0.2, 0.25) is 0 Å². The van der Waals surface area contributed by atoms with Gasteiger partial charge >= 0.3 is 0 Å². The lowest BCUT2D eigenvalue weighted by molar-refractivity contribution is 0.0938. The van der Waals surface area contributed by atoms with Crippen LogP contribution in [0.4, 0.5) is 0 Å². The van der Waals surface area contributed by atoms with Crippen molar-refractivity contribution in [3.05, 3.63) is 113 Å². The highest BCUT2D eigenvalue weighted by molar-refractivity contribution is 6.30. The van der Waals surface area contributed by atoms with Crippen molar-refractivity contribution in [2.45, 2.75) is 25.4 Å². The zero-order chi connectivity index (χ0) is 24.4. The lowest BCUT2D eigenvalue weighted by Crippen LogP contribution is -2.36. The van der Waals surface area contributed by atoms with Gasteiger partial charge in [-0.2, -0.15) is 5.10 Å². The maximum atomic E-state index is 13.9. The predicted octanol–water partition coefficient (Wildman–Crippen LogP) is 6.37. The number of rotatable bonds is 8. The van der Waals surface area contributed by atoms with Crippen LogP contribution in [-0.4, -0.2) is 26.6 Å². The van der Waals surface area contributed by atoms with Gasteiger partial charge < -0.3 is 10.3 Å². The van der Waals surface area contributed by atoms with E-state index >= 15 is 0 Å². The van der Waals surface area contributed by atoms with E-state index in [4.69, 9.17) is 11.6 Å². The highest BCUT2D eigenvalue weighted by Gasteiger charge is 2.26. The number of nitrogens with one attached hydrogen (secondary N) is 2. The Morgan fingerprint density at radius 2 is 1.83 bits per heavy atom. The molecular weight excluding hydrogens is 456 g/mol. The molecule has 6 heteroatoms. The van der Waals surface area contributed by atoms with Crippen LogP contribution in [0.2, 0.25) is 5.02 Å². The maximum Gasteiger partial charge on any atom is 0.186 e. The number of hydrogen-bond donors (Lipinski definition) is 2. The Kier molecular flexibility index (Phi) is 6.53. The van der Waals surface area contributed by atoms with E-state index in [1.807, 2.05) is 92.4 Å². The van der Waals surface area contributed by atoms with Crippen molar-refractivity contribution in [1.29, 1.82) is 0 Å². The highest BCUT2D eigenvalue weighted by Crippen LogP contribution is 2.29. The van der Waals surface area contributed by atoms with Crippen molar-refractivity contribution in [1.82, 2.24) is 20.1 Å². The van der Waals surface area contributed by atoms with Crippen molar-refractivity contribution < 1.29 is 4.79 Å². The zero-order valence-corrected chi connectivity index (χ0v) is 20.5. The summed E-state index contributed by atoms with van der Waals surface area (Å²) in [6.07, 6.45) is 6.43. The molecule has 2 N–H and O–H groups in total. The second kappa shape index (κ2) is 9.90. The molecule has 5 nitrogen and oxygen atoms in total. The molecule has 0 radical (unpaired) electrons. The van der Waals surface area contributed by atoms with Crippen LogP contribution in [0.5, 0.6) is 0 Å². The largest absolute Gasteiger partial charge is 0.360 e. The summed E-state index contributed by atoms with van der Waals surface area (Å²) in [6, 6.07) is 23.5. The first-order chi connectivity index (χ1) is 17.0. The fourth-order valence-corrected chi connectivity index (χ4v) is 4.65. The molecule has 0 saturated heterocycles. The molecule has 3 aromatic carbocycles. The lowest BCUT2D eigenvalue weighted by Gasteiger charge is -2.23. The lowest BCUT2D eigenvalue weighted by atomic mass is 9.95. The number of aromatic nitrogens is 3. The van der Waals surface area contributed by atoms with E-state index in [1.165, 1.54) is 5.56 Å². The molecule has 0 amide bonds. The van der Waals surface area contributed by atoms with Gasteiger partial charge in [0.25, 0.3) is 0 Å². The van der Waals surface area contributed by atoms with E-state index in [9.17, 15) is 4.79 Å². The van der Waals surface area contributed by atoms with Gasteiger partial charge in [0.15, 0.2) is 5.78 Å². The number of nitrogens with zero attached hydrogens (tertiary/aromatic N) is 2. The molecule has 2 atom stereocenters. The highest BCUT2D eigenvalue weighted by atomic mass is 35.5. The summed E-state index contributed by atoms with van der Waals surface area (Å²) in [6.45, 7) is 2.10. The SMILES string of the molecule is C[C@@H](Cc1ccc(Cl)cc1)N[C@H](C(=O)c1c[nH]c2cc(-c3cnn(C)c3)ccc12)c1ccccc1. The van der Waals surface area contributed by atoms with Gasteiger partial charge in [-0.05, 0) is 48.2 Å². The average molecular weight is 483 g/mol. The first-order valence-corrected chi connectivity index (χ1v) is 12.1. The third-order valence-corrected chi connectivity index (χ3v) is 6.54. The molecular formula is C29H27ClN4O. The Bertz CT molecular complexity index is 1450. The number of aryl methyl sites for hydroxylation is 1. The van der Waals surface area contributed by atoms with Gasteiger partial charge in [0.05, 0.1) is 12.2 Å². The summed E-state index contributed by atoms with van der Waals surface area (Å²) in [5.41, 5.74) is 5.82.